The Balaban J connectivity index is 1.59. The fourth-order valence-electron chi connectivity index (χ4n) is 7.56. The van der Waals surface area contributed by atoms with Crippen LogP contribution < -0.4 is 5.73 Å². The molecular weight excluding hydrogens is 486 g/mol. The first-order valence-corrected chi connectivity index (χ1v) is 13.5. The van der Waals surface area contributed by atoms with Gasteiger partial charge in [-0.15, -0.1) is 0 Å². The van der Waals surface area contributed by atoms with Gasteiger partial charge in [-0.3, -0.25) is 19.4 Å². The Morgan fingerprint density at radius 3 is 2.45 bits per heavy atom. The third-order valence-electron chi connectivity index (χ3n) is 9.40. The van der Waals surface area contributed by atoms with Crippen LogP contribution in [0.3, 0.4) is 0 Å². The number of amides is 1. The number of aliphatic hydroxyl groups excluding tert-OH is 2. The van der Waals surface area contributed by atoms with Crippen LogP contribution in [0.25, 0.3) is 5.76 Å². The van der Waals surface area contributed by atoms with Crippen molar-refractivity contribution in [3.8, 4) is 5.75 Å². The number of nitrogens with zero attached hydrogens (tertiary/aromatic N) is 2. The van der Waals surface area contributed by atoms with Gasteiger partial charge in [0.1, 0.15) is 22.9 Å². The number of carbonyl (C=O) groups excluding carboxylic acids is 2. The molecule has 0 radical (unpaired) electrons. The molecule has 5 rings (SSSR count). The lowest BCUT2D eigenvalue weighted by Crippen LogP contribution is -2.61. The Labute approximate surface area is 223 Å². The van der Waals surface area contributed by atoms with E-state index in [4.69, 9.17) is 5.73 Å². The minimum absolute atomic E-state index is 0.0914. The van der Waals surface area contributed by atoms with Gasteiger partial charge in [-0.05, 0) is 94.7 Å². The van der Waals surface area contributed by atoms with Crippen LogP contribution in [0.2, 0.25) is 0 Å². The first kappa shape index (κ1) is 26.7. The van der Waals surface area contributed by atoms with Gasteiger partial charge < -0.3 is 26.2 Å². The average Bonchev–Trinajstić information content (AvgIpc) is 2.80. The summed E-state index contributed by atoms with van der Waals surface area (Å²) in [5, 5.41) is 44.8. The summed E-state index contributed by atoms with van der Waals surface area (Å²) in [6.07, 6.45) is 3.12. The van der Waals surface area contributed by atoms with Crippen molar-refractivity contribution >= 4 is 17.4 Å². The van der Waals surface area contributed by atoms with E-state index in [9.17, 15) is 30.0 Å². The summed E-state index contributed by atoms with van der Waals surface area (Å²) in [5.74, 6) is -3.40. The van der Waals surface area contributed by atoms with Crippen molar-refractivity contribution < 1.29 is 30.0 Å². The number of likely N-dealkylation sites (N-methyl/N-ethyl adjacent to an activating group) is 1. The molecule has 5 atom stereocenters. The number of fused-ring (bicyclic) bond motifs is 3. The molecule has 4 aliphatic rings. The number of aromatic hydroxyl groups is 1. The summed E-state index contributed by atoms with van der Waals surface area (Å²) in [6.45, 7) is 6.27. The van der Waals surface area contributed by atoms with Crippen LogP contribution in [-0.2, 0) is 22.6 Å². The third-order valence-corrected chi connectivity index (χ3v) is 9.40. The predicted molar refractivity (Wildman–Crippen MR) is 142 cm³/mol. The number of phenols is 1. The number of rotatable bonds is 4. The number of phenolic OH excluding ortho intramolecular Hbond substituents is 1. The largest absolute Gasteiger partial charge is 0.510 e. The normalized spacial score (nSPS) is 32.3. The van der Waals surface area contributed by atoms with Gasteiger partial charge in [0.25, 0.3) is 5.91 Å². The lowest BCUT2D eigenvalue weighted by Gasteiger charge is -2.52. The molecule has 1 saturated carbocycles. The number of allylic oxidation sites excluding steroid dienone is 1. The van der Waals surface area contributed by atoms with Crippen molar-refractivity contribution in [1.82, 2.24) is 9.80 Å². The van der Waals surface area contributed by atoms with E-state index in [-0.39, 0.29) is 39.9 Å². The second-order valence-electron chi connectivity index (χ2n) is 12.1. The number of benzene rings is 1. The zero-order chi connectivity index (χ0) is 27.7. The molecule has 6 N–H and O–H groups in total. The van der Waals surface area contributed by atoms with E-state index in [0.717, 1.165) is 37.1 Å². The number of piperidine rings is 1. The van der Waals surface area contributed by atoms with Gasteiger partial charge in [-0.2, -0.15) is 0 Å². The van der Waals surface area contributed by atoms with Gasteiger partial charge >= 0.3 is 0 Å². The zero-order valence-electron chi connectivity index (χ0n) is 22.6. The van der Waals surface area contributed by atoms with Crippen molar-refractivity contribution in [3.05, 3.63) is 45.7 Å². The molecule has 9 nitrogen and oxygen atoms in total. The summed E-state index contributed by atoms with van der Waals surface area (Å²) in [5.41, 5.74) is 5.47. The highest BCUT2D eigenvalue weighted by molar-refractivity contribution is 6.08. The van der Waals surface area contributed by atoms with E-state index in [1.54, 1.807) is 25.1 Å². The second kappa shape index (κ2) is 9.39. The van der Waals surface area contributed by atoms with Crippen molar-refractivity contribution in [2.75, 3.05) is 27.2 Å². The summed E-state index contributed by atoms with van der Waals surface area (Å²) in [7, 11) is 3.49. The van der Waals surface area contributed by atoms with E-state index < -0.39 is 35.2 Å². The van der Waals surface area contributed by atoms with Crippen LogP contribution in [0.15, 0.2) is 29.0 Å². The fourth-order valence-corrected chi connectivity index (χ4v) is 7.56. The molecule has 1 aromatic carbocycles. The quantitative estimate of drug-likeness (QED) is 0.402. The topological polar surface area (TPSA) is 148 Å². The van der Waals surface area contributed by atoms with Crippen molar-refractivity contribution in [2.45, 2.75) is 57.7 Å². The van der Waals surface area contributed by atoms with E-state index in [0.29, 0.717) is 25.3 Å². The number of likely N-dealkylation sites (tertiary alicyclic amines) is 1. The molecule has 1 aliphatic heterocycles. The molecule has 9 heteroatoms. The minimum atomic E-state index is -2.02. The molecule has 0 aromatic heterocycles. The molecule has 1 heterocycles. The number of nitrogens with two attached hydrogens (primary N) is 1. The van der Waals surface area contributed by atoms with Gasteiger partial charge in [0.2, 0.25) is 0 Å². The van der Waals surface area contributed by atoms with Gasteiger partial charge in [0.05, 0.1) is 23.1 Å². The van der Waals surface area contributed by atoms with E-state index in [2.05, 4.69) is 11.8 Å². The highest BCUT2D eigenvalue weighted by Crippen LogP contribution is 2.54. The monoisotopic (exact) mass is 525 g/mol. The Morgan fingerprint density at radius 1 is 1.18 bits per heavy atom. The summed E-state index contributed by atoms with van der Waals surface area (Å²) < 4.78 is 0. The molecule has 3 aliphatic carbocycles. The number of carbonyl (C=O) groups is 2. The van der Waals surface area contributed by atoms with Crippen LogP contribution in [-0.4, -0.2) is 80.7 Å². The molecule has 1 saturated heterocycles. The SMILES string of the molecule is CC1CCN(Cc2ccc(O)c3c2CC2CC4C(C(=O)C2=C3O)C(C)(O)C(C(N)=O)=C(O)[C@H]4N(C)C)CC1. The molecule has 4 unspecified atom stereocenters. The van der Waals surface area contributed by atoms with Crippen LogP contribution in [0.1, 0.15) is 49.8 Å². The lowest BCUT2D eigenvalue weighted by atomic mass is 9.55. The van der Waals surface area contributed by atoms with E-state index in [1.165, 1.54) is 6.92 Å². The number of ketones is 1. The van der Waals surface area contributed by atoms with Gasteiger partial charge in [0, 0.05) is 12.1 Å². The molecule has 0 spiro atoms. The number of aliphatic hydroxyl groups is 3. The maximum absolute atomic E-state index is 14.1. The van der Waals surface area contributed by atoms with Crippen molar-refractivity contribution in [2.24, 2.45) is 29.4 Å². The first-order valence-electron chi connectivity index (χ1n) is 13.5. The molecule has 38 heavy (non-hydrogen) atoms. The predicted octanol–water partition coefficient (Wildman–Crippen LogP) is 2.26. The molecule has 0 bridgehead atoms. The van der Waals surface area contributed by atoms with Gasteiger partial charge in [-0.1, -0.05) is 13.0 Å². The van der Waals surface area contributed by atoms with Crippen LogP contribution in [0.5, 0.6) is 5.75 Å². The van der Waals surface area contributed by atoms with Crippen molar-refractivity contribution in [3.63, 3.8) is 0 Å². The third kappa shape index (κ3) is 4.03. The first-order chi connectivity index (χ1) is 17.8. The number of primary amides is 1. The van der Waals surface area contributed by atoms with Crippen LogP contribution in [0.4, 0.5) is 0 Å². The number of hydrogen-bond acceptors (Lipinski definition) is 8. The zero-order valence-corrected chi connectivity index (χ0v) is 22.6. The van der Waals surface area contributed by atoms with E-state index in [1.807, 2.05) is 6.07 Å². The Morgan fingerprint density at radius 2 is 1.84 bits per heavy atom. The van der Waals surface area contributed by atoms with E-state index >= 15 is 0 Å². The Hall–Kier alpha value is -2.88. The lowest BCUT2D eigenvalue weighted by molar-refractivity contribution is -0.139. The number of hydrogen-bond donors (Lipinski definition) is 5. The second-order valence-corrected chi connectivity index (χ2v) is 12.1. The number of Topliss-reactive ketones (excluding diaryl/α,β-unsaturated/α-hetero) is 1. The maximum atomic E-state index is 14.1. The molecule has 1 aromatic rings. The molecule has 206 valence electrons. The minimum Gasteiger partial charge on any atom is -0.510 e. The van der Waals surface area contributed by atoms with Gasteiger partial charge in [0.15, 0.2) is 5.78 Å². The van der Waals surface area contributed by atoms with Crippen LogP contribution >= 0.6 is 0 Å². The van der Waals surface area contributed by atoms with Gasteiger partial charge in [-0.25, -0.2) is 0 Å². The Bertz CT molecular complexity index is 1240. The average molecular weight is 526 g/mol. The standard InChI is InChI=1S/C29H39N3O6/c1-14-7-9-32(10-8-14)13-15-5-6-19(33)21-17(15)11-16-12-18-22(26(35)20(16)25(21)34)29(2,38)23(28(30)37)27(36)24(18)31(3)4/h5-6,14,16,18,22,24,33-34,36,38H,7-13H2,1-4H3,(H2,30,37)/t16?,18?,22?,24-,29?/m0/s1. The highest BCUT2D eigenvalue weighted by atomic mass is 16.3. The maximum Gasteiger partial charge on any atom is 0.251 e. The summed E-state index contributed by atoms with van der Waals surface area (Å²) >= 11 is 0. The smallest absolute Gasteiger partial charge is 0.251 e. The highest BCUT2D eigenvalue weighted by Gasteiger charge is 2.60. The molecule has 1 amide bonds. The Kier molecular flexibility index (Phi) is 6.60. The van der Waals surface area contributed by atoms with Crippen molar-refractivity contribution in [1.29, 1.82) is 0 Å². The van der Waals surface area contributed by atoms with Crippen LogP contribution in [0, 0.1) is 23.7 Å². The summed E-state index contributed by atoms with van der Waals surface area (Å²) in [6, 6.07) is 2.77. The fraction of sp³-hybridized carbons (Fsp3) is 0.586. The molecular formula is C29H39N3O6. The summed E-state index contributed by atoms with van der Waals surface area (Å²) in [4.78, 5) is 30.5. The molecule has 2 fully saturated rings.